The summed E-state index contributed by atoms with van der Waals surface area (Å²) in [7, 11) is 0. The topological polar surface area (TPSA) is 24.6 Å². The first kappa shape index (κ1) is 6.31. The van der Waals surface area contributed by atoms with E-state index in [1.54, 1.807) is 0 Å². The lowest BCUT2D eigenvalue weighted by molar-refractivity contribution is 0.163. The fraction of sp³-hybridized carbons (Fsp3) is 0.571. The van der Waals surface area contributed by atoms with E-state index in [0.717, 1.165) is 18.5 Å². The second kappa shape index (κ2) is 2.65. The molecule has 1 rings (SSSR count). The summed E-state index contributed by atoms with van der Waals surface area (Å²) in [6.07, 6.45) is 3.80. The average Bonchev–Trinajstić information content (AvgIpc) is 1.90. The van der Waals surface area contributed by atoms with Gasteiger partial charge < -0.3 is 5.11 Å². The minimum absolute atomic E-state index is 0.199. The van der Waals surface area contributed by atoms with Crippen molar-refractivity contribution in [2.45, 2.75) is 25.4 Å². The van der Waals surface area contributed by atoms with Gasteiger partial charge in [-0.25, -0.2) is 4.85 Å². The lowest BCUT2D eigenvalue weighted by Gasteiger charge is -2.11. The highest BCUT2D eigenvalue weighted by Crippen LogP contribution is 2.18. The molecular weight excluding hydrogens is 114 g/mol. The molecule has 1 aliphatic carbocycles. The van der Waals surface area contributed by atoms with Crippen LogP contribution in [0.1, 0.15) is 19.3 Å². The van der Waals surface area contributed by atoms with Crippen molar-refractivity contribution < 1.29 is 5.11 Å². The highest BCUT2D eigenvalue weighted by Gasteiger charge is 2.10. The van der Waals surface area contributed by atoms with E-state index in [0.29, 0.717) is 6.42 Å². The summed E-state index contributed by atoms with van der Waals surface area (Å²) in [6.45, 7) is 6.64. The summed E-state index contributed by atoms with van der Waals surface area (Å²) in [4.78, 5) is 3.28. The maximum absolute atomic E-state index is 8.97. The molecule has 0 fully saturated rings. The van der Waals surface area contributed by atoms with Crippen molar-refractivity contribution in [1.29, 1.82) is 0 Å². The summed E-state index contributed by atoms with van der Waals surface area (Å²) in [5.74, 6) is 0. The normalized spacial score (nSPS) is 26.7. The molecule has 1 unspecified atom stereocenters. The fourth-order valence-electron chi connectivity index (χ4n) is 0.908. The first-order valence-electron chi connectivity index (χ1n) is 3.07. The second-order valence-electron chi connectivity index (χ2n) is 2.24. The van der Waals surface area contributed by atoms with E-state index in [1.807, 2.05) is 6.08 Å². The van der Waals surface area contributed by atoms with Crippen LogP contribution in [0.4, 0.5) is 0 Å². The zero-order chi connectivity index (χ0) is 6.69. The van der Waals surface area contributed by atoms with Gasteiger partial charge in [-0.3, -0.25) is 0 Å². The largest absolute Gasteiger partial charge is 0.393 e. The third-order valence-electron chi connectivity index (χ3n) is 1.50. The summed E-state index contributed by atoms with van der Waals surface area (Å²) < 4.78 is 0. The molecule has 0 spiro atoms. The SMILES string of the molecule is [C-]#[N+]C1=CCC(O)CC1. The molecule has 1 N–H and O–H groups in total. The molecule has 2 heteroatoms. The molecule has 0 aromatic rings. The molecule has 0 heterocycles. The van der Waals surface area contributed by atoms with Gasteiger partial charge in [0.2, 0.25) is 0 Å². The maximum Gasteiger partial charge on any atom is 0.161 e. The Bertz CT molecular complexity index is 166. The van der Waals surface area contributed by atoms with E-state index >= 15 is 0 Å². The van der Waals surface area contributed by atoms with Crippen LogP contribution in [-0.2, 0) is 0 Å². The van der Waals surface area contributed by atoms with Crippen LogP contribution >= 0.6 is 0 Å². The predicted molar refractivity (Wildman–Crippen MR) is 34.5 cm³/mol. The number of hydrogen-bond donors (Lipinski definition) is 1. The van der Waals surface area contributed by atoms with E-state index < -0.39 is 0 Å². The van der Waals surface area contributed by atoms with E-state index in [4.69, 9.17) is 11.7 Å². The zero-order valence-corrected chi connectivity index (χ0v) is 5.17. The number of aliphatic hydroxyl groups excluding tert-OH is 1. The summed E-state index contributed by atoms with van der Waals surface area (Å²) in [5, 5.41) is 8.97. The molecule has 0 saturated carbocycles. The van der Waals surface area contributed by atoms with Crippen LogP contribution in [0.25, 0.3) is 4.85 Å². The Labute approximate surface area is 54.6 Å². The quantitative estimate of drug-likeness (QED) is 0.483. The van der Waals surface area contributed by atoms with Crippen LogP contribution in [0.2, 0.25) is 0 Å². The van der Waals surface area contributed by atoms with E-state index in [-0.39, 0.29) is 6.10 Å². The van der Waals surface area contributed by atoms with Crippen LogP contribution in [0, 0.1) is 6.57 Å². The van der Waals surface area contributed by atoms with Gasteiger partial charge in [0.25, 0.3) is 0 Å². The average molecular weight is 123 g/mol. The Morgan fingerprint density at radius 3 is 3.00 bits per heavy atom. The molecule has 0 saturated heterocycles. The number of aliphatic hydroxyl groups is 1. The van der Waals surface area contributed by atoms with Crippen molar-refractivity contribution in [2.24, 2.45) is 0 Å². The highest BCUT2D eigenvalue weighted by molar-refractivity contribution is 5.13. The van der Waals surface area contributed by atoms with Crippen molar-refractivity contribution in [2.75, 3.05) is 0 Å². The van der Waals surface area contributed by atoms with Gasteiger partial charge in [0.1, 0.15) is 0 Å². The van der Waals surface area contributed by atoms with Gasteiger partial charge in [0, 0.05) is 0 Å². The molecular formula is C7H9NO. The standard InChI is InChI=1S/C7H9NO/c1-8-6-2-4-7(9)5-3-6/h2,7,9H,3-5H2. The van der Waals surface area contributed by atoms with Gasteiger partial charge in [-0.15, -0.1) is 0 Å². The third-order valence-corrected chi connectivity index (χ3v) is 1.50. The molecule has 0 aromatic carbocycles. The highest BCUT2D eigenvalue weighted by atomic mass is 16.3. The fourth-order valence-corrected chi connectivity index (χ4v) is 0.908. The number of hydrogen-bond acceptors (Lipinski definition) is 1. The maximum atomic E-state index is 8.97. The van der Waals surface area contributed by atoms with Crippen LogP contribution in [-0.4, -0.2) is 11.2 Å². The summed E-state index contributed by atoms with van der Waals surface area (Å²) in [5.41, 5.74) is 0.806. The second-order valence-corrected chi connectivity index (χ2v) is 2.24. The molecule has 1 aliphatic rings. The van der Waals surface area contributed by atoms with Crippen LogP contribution < -0.4 is 0 Å². The molecule has 0 amide bonds. The zero-order valence-electron chi connectivity index (χ0n) is 5.17. The molecule has 2 nitrogen and oxygen atoms in total. The Balaban J connectivity index is 2.53. The minimum Gasteiger partial charge on any atom is -0.393 e. The Hall–Kier alpha value is -0.810. The Kier molecular flexibility index (Phi) is 1.86. The monoisotopic (exact) mass is 123 g/mol. The molecule has 48 valence electrons. The van der Waals surface area contributed by atoms with Gasteiger partial charge in [-0.2, -0.15) is 0 Å². The van der Waals surface area contributed by atoms with Crippen molar-refractivity contribution in [3.8, 4) is 0 Å². The van der Waals surface area contributed by atoms with Crippen molar-refractivity contribution in [3.63, 3.8) is 0 Å². The van der Waals surface area contributed by atoms with Gasteiger partial charge >= 0.3 is 0 Å². The van der Waals surface area contributed by atoms with Crippen molar-refractivity contribution in [3.05, 3.63) is 23.2 Å². The number of allylic oxidation sites excluding steroid dienone is 1. The van der Waals surface area contributed by atoms with E-state index in [1.165, 1.54) is 0 Å². The lowest BCUT2D eigenvalue weighted by atomic mass is 10.0. The third kappa shape index (κ3) is 1.55. The van der Waals surface area contributed by atoms with E-state index in [9.17, 15) is 0 Å². The van der Waals surface area contributed by atoms with Gasteiger partial charge in [0.05, 0.1) is 12.7 Å². The smallest absolute Gasteiger partial charge is 0.161 e. The van der Waals surface area contributed by atoms with Crippen molar-refractivity contribution >= 4 is 0 Å². The van der Waals surface area contributed by atoms with Crippen LogP contribution in [0.5, 0.6) is 0 Å². The molecule has 0 aliphatic heterocycles. The van der Waals surface area contributed by atoms with Crippen LogP contribution in [0.3, 0.4) is 0 Å². The first-order chi connectivity index (χ1) is 4.33. The van der Waals surface area contributed by atoms with Gasteiger partial charge in [-0.1, -0.05) is 6.08 Å². The summed E-state index contributed by atoms with van der Waals surface area (Å²) in [6, 6.07) is 0. The lowest BCUT2D eigenvalue weighted by Crippen LogP contribution is -2.08. The minimum atomic E-state index is -0.199. The number of nitrogens with zero attached hydrogens (tertiary/aromatic N) is 1. The molecule has 0 radical (unpaired) electrons. The van der Waals surface area contributed by atoms with E-state index in [2.05, 4.69) is 4.85 Å². The van der Waals surface area contributed by atoms with Crippen LogP contribution in [0.15, 0.2) is 11.8 Å². The van der Waals surface area contributed by atoms with Gasteiger partial charge in [-0.05, 0) is 19.3 Å². The van der Waals surface area contributed by atoms with Crippen molar-refractivity contribution in [1.82, 2.24) is 0 Å². The molecule has 9 heavy (non-hydrogen) atoms. The predicted octanol–water partition coefficient (Wildman–Crippen LogP) is 1.33. The molecule has 0 aromatic heterocycles. The molecule has 0 bridgehead atoms. The number of rotatable bonds is 0. The van der Waals surface area contributed by atoms with Gasteiger partial charge in [0.15, 0.2) is 5.70 Å². The summed E-state index contributed by atoms with van der Waals surface area (Å²) >= 11 is 0. The molecule has 1 atom stereocenters. The first-order valence-corrected chi connectivity index (χ1v) is 3.07. The Morgan fingerprint density at radius 1 is 1.78 bits per heavy atom. The Morgan fingerprint density at radius 2 is 2.56 bits per heavy atom.